The van der Waals surface area contributed by atoms with Gasteiger partial charge in [-0.1, -0.05) is 48.7 Å². The molecule has 1 aromatic carbocycles. The monoisotopic (exact) mass is 534 g/mol. The third kappa shape index (κ3) is 4.21. The zero-order valence-corrected chi connectivity index (χ0v) is 22.4. The third-order valence-corrected chi connectivity index (χ3v) is 8.67. The van der Waals surface area contributed by atoms with Crippen molar-refractivity contribution in [2.75, 3.05) is 12.4 Å². The molecule has 3 fully saturated rings. The van der Waals surface area contributed by atoms with Crippen molar-refractivity contribution < 1.29 is 28.4 Å². The van der Waals surface area contributed by atoms with Crippen LogP contribution in [-0.2, 0) is 25.7 Å². The number of rotatable bonds is 7. The zero-order valence-electron chi connectivity index (χ0n) is 22.4. The number of ether oxygens (including phenoxy) is 2. The predicted molar refractivity (Wildman–Crippen MR) is 141 cm³/mol. The first-order valence-corrected chi connectivity index (χ1v) is 13.6. The summed E-state index contributed by atoms with van der Waals surface area (Å²) in [5.41, 5.74) is -1.45. The maximum Gasteiger partial charge on any atom is 0.246 e. The summed E-state index contributed by atoms with van der Waals surface area (Å²) in [7, 11) is 1.59. The summed E-state index contributed by atoms with van der Waals surface area (Å²) < 4.78 is 17.0. The maximum atomic E-state index is 14.2. The van der Waals surface area contributed by atoms with Crippen molar-refractivity contribution in [3.8, 4) is 5.75 Å². The molecule has 5 atom stereocenters. The quantitative estimate of drug-likeness (QED) is 0.523. The number of amides is 3. The van der Waals surface area contributed by atoms with E-state index >= 15 is 0 Å². The Labute approximate surface area is 227 Å². The van der Waals surface area contributed by atoms with Gasteiger partial charge in [0.2, 0.25) is 17.7 Å². The van der Waals surface area contributed by atoms with Gasteiger partial charge in [0, 0.05) is 18.7 Å². The molecule has 206 valence electrons. The van der Waals surface area contributed by atoms with Gasteiger partial charge in [-0.15, -0.1) is 0 Å². The van der Waals surface area contributed by atoms with Gasteiger partial charge in [0.05, 0.1) is 24.5 Å². The van der Waals surface area contributed by atoms with Crippen LogP contribution >= 0.6 is 0 Å². The second-order valence-electron chi connectivity index (χ2n) is 11.3. The lowest BCUT2D eigenvalue weighted by molar-refractivity contribution is -0.145. The first-order valence-electron chi connectivity index (χ1n) is 13.6. The van der Waals surface area contributed by atoms with Crippen LogP contribution < -0.4 is 15.4 Å². The Kier molecular flexibility index (Phi) is 6.25. The second kappa shape index (κ2) is 9.51. The molecule has 1 saturated carbocycles. The zero-order chi connectivity index (χ0) is 27.4. The summed E-state index contributed by atoms with van der Waals surface area (Å²) in [6.45, 7) is 3.73. The van der Waals surface area contributed by atoms with Crippen molar-refractivity contribution in [3.05, 3.63) is 53.8 Å². The van der Waals surface area contributed by atoms with Crippen LogP contribution in [0, 0.1) is 18.8 Å². The largest absolute Gasteiger partial charge is 0.497 e. The molecule has 1 aromatic heterocycles. The summed E-state index contributed by atoms with van der Waals surface area (Å²) in [5.74, 6) is -1.10. The standard InChI is InChI=1S/C29H34N4O6/c1-17-15-21(32-38-17)31-25(34)22-23-27(36)33(16-18-9-11-20(37-3)12-10-18)24(29(23)14-13-28(22,2)39-29)26(35)30-19-7-5-4-6-8-19/h9-15,19,22-24H,4-8,16H2,1-3H3,(H,30,35)(H,31,32,34)/t22-,23+,24-,28+,29-/m1/s1. The SMILES string of the molecule is COc1ccc(CN2C(=O)[C@@H]3[C@H](C(=O)Nc4cc(C)on4)[C@]4(C)C=C[C@]3(O4)[C@H]2C(=O)NC2CCCCC2)cc1. The maximum absolute atomic E-state index is 14.2. The van der Waals surface area contributed by atoms with Crippen LogP contribution in [0.25, 0.3) is 0 Å². The Hall–Kier alpha value is -3.66. The topological polar surface area (TPSA) is 123 Å². The van der Waals surface area contributed by atoms with Crippen LogP contribution in [0.3, 0.4) is 0 Å². The van der Waals surface area contributed by atoms with E-state index in [1.165, 1.54) is 0 Å². The number of hydrogen-bond donors (Lipinski definition) is 2. The molecule has 10 nitrogen and oxygen atoms in total. The van der Waals surface area contributed by atoms with Crippen molar-refractivity contribution in [1.29, 1.82) is 0 Å². The smallest absolute Gasteiger partial charge is 0.246 e. The molecular formula is C29H34N4O6. The van der Waals surface area contributed by atoms with E-state index in [1.54, 1.807) is 31.9 Å². The Morgan fingerprint density at radius 1 is 1.13 bits per heavy atom. The Morgan fingerprint density at radius 2 is 1.87 bits per heavy atom. The van der Waals surface area contributed by atoms with E-state index in [4.69, 9.17) is 14.0 Å². The second-order valence-corrected chi connectivity index (χ2v) is 11.3. The van der Waals surface area contributed by atoms with E-state index < -0.39 is 35.0 Å². The predicted octanol–water partition coefficient (Wildman–Crippen LogP) is 3.12. The van der Waals surface area contributed by atoms with E-state index in [0.29, 0.717) is 11.5 Å². The van der Waals surface area contributed by atoms with Crippen molar-refractivity contribution in [1.82, 2.24) is 15.4 Å². The van der Waals surface area contributed by atoms with Gasteiger partial charge in [-0.25, -0.2) is 0 Å². The minimum Gasteiger partial charge on any atom is -0.497 e. The number of carbonyl (C=O) groups is 3. The van der Waals surface area contributed by atoms with Crippen LogP contribution in [-0.4, -0.2) is 58.2 Å². The van der Waals surface area contributed by atoms with Gasteiger partial charge in [0.25, 0.3) is 0 Å². The number of aromatic nitrogens is 1. The van der Waals surface area contributed by atoms with Gasteiger partial charge in [0.1, 0.15) is 23.2 Å². The highest BCUT2D eigenvalue weighted by Gasteiger charge is 2.76. The average molecular weight is 535 g/mol. The van der Waals surface area contributed by atoms with Gasteiger partial charge < -0.3 is 29.5 Å². The lowest BCUT2D eigenvalue weighted by Crippen LogP contribution is -2.56. The van der Waals surface area contributed by atoms with Gasteiger partial charge >= 0.3 is 0 Å². The van der Waals surface area contributed by atoms with Gasteiger partial charge in [-0.2, -0.15) is 0 Å². The van der Waals surface area contributed by atoms with E-state index in [-0.39, 0.29) is 30.2 Å². The number of aryl methyl sites for hydroxylation is 1. The van der Waals surface area contributed by atoms with Gasteiger partial charge in [-0.3, -0.25) is 14.4 Å². The molecular weight excluding hydrogens is 500 g/mol. The summed E-state index contributed by atoms with van der Waals surface area (Å²) in [6.07, 6.45) is 8.78. The molecule has 10 heteroatoms. The number of benzene rings is 1. The third-order valence-electron chi connectivity index (χ3n) is 8.67. The Bertz CT molecular complexity index is 1320. The van der Waals surface area contributed by atoms with Crippen LogP contribution in [0.4, 0.5) is 5.82 Å². The van der Waals surface area contributed by atoms with Crippen LogP contribution in [0.15, 0.2) is 47.0 Å². The highest BCUT2D eigenvalue weighted by atomic mass is 16.5. The fraction of sp³-hybridized carbons (Fsp3) is 0.517. The van der Waals surface area contributed by atoms with Crippen LogP contribution in [0.1, 0.15) is 50.4 Å². The number of nitrogens with one attached hydrogen (secondary N) is 2. The number of nitrogens with zero attached hydrogens (tertiary/aromatic N) is 2. The first-order chi connectivity index (χ1) is 18.7. The molecule has 4 heterocycles. The highest BCUT2D eigenvalue weighted by molar-refractivity contribution is 6.03. The molecule has 3 aliphatic heterocycles. The molecule has 4 aliphatic rings. The molecule has 6 rings (SSSR count). The van der Waals surface area contributed by atoms with Crippen molar-refractivity contribution in [2.24, 2.45) is 11.8 Å². The average Bonchev–Trinajstić information content (AvgIpc) is 3.62. The molecule has 1 spiro atoms. The lowest BCUT2D eigenvalue weighted by atomic mass is 9.70. The Morgan fingerprint density at radius 3 is 2.54 bits per heavy atom. The number of fused-ring (bicyclic) bond motifs is 1. The number of hydrogen-bond acceptors (Lipinski definition) is 7. The van der Waals surface area contributed by atoms with E-state index in [0.717, 1.165) is 37.7 Å². The fourth-order valence-corrected chi connectivity index (χ4v) is 6.88. The summed E-state index contributed by atoms with van der Waals surface area (Å²) in [6, 6.07) is 8.17. The molecule has 2 saturated heterocycles. The molecule has 0 unspecified atom stereocenters. The summed E-state index contributed by atoms with van der Waals surface area (Å²) >= 11 is 0. The highest BCUT2D eigenvalue weighted by Crippen LogP contribution is 2.60. The molecule has 39 heavy (non-hydrogen) atoms. The van der Waals surface area contributed by atoms with Crippen LogP contribution in [0.2, 0.25) is 0 Å². The van der Waals surface area contributed by atoms with E-state index in [9.17, 15) is 14.4 Å². The minimum absolute atomic E-state index is 0.0623. The van der Waals surface area contributed by atoms with Crippen molar-refractivity contribution >= 4 is 23.5 Å². The Balaban J connectivity index is 1.35. The summed E-state index contributed by atoms with van der Waals surface area (Å²) in [5, 5.41) is 9.88. The fourth-order valence-electron chi connectivity index (χ4n) is 6.88. The molecule has 2 bridgehead atoms. The van der Waals surface area contributed by atoms with Crippen molar-refractivity contribution in [3.63, 3.8) is 0 Å². The van der Waals surface area contributed by atoms with Gasteiger partial charge in [0.15, 0.2) is 5.82 Å². The van der Waals surface area contributed by atoms with Crippen LogP contribution in [0.5, 0.6) is 5.75 Å². The molecule has 0 radical (unpaired) electrons. The van der Waals surface area contributed by atoms with Gasteiger partial charge in [-0.05, 0) is 44.4 Å². The molecule has 2 N–H and O–H groups in total. The lowest BCUT2D eigenvalue weighted by Gasteiger charge is -2.34. The molecule has 2 aromatic rings. The molecule has 1 aliphatic carbocycles. The van der Waals surface area contributed by atoms with E-state index in [2.05, 4.69) is 15.8 Å². The first kappa shape index (κ1) is 25.6. The number of anilines is 1. The molecule has 3 amide bonds. The number of methoxy groups -OCH3 is 1. The van der Waals surface area contributed by atoms with E-state index in [1.807, 2.05) is 36.4 Å². The summed E-state index contributed by atoms with van der Waals surface area (Å²) in [4.78, 5) is 43.4. The minimum atomic E-state index is -1.25. The number of likely N-dealkylation sites (tertiary alicyclic amines) is 1. The number of carbonyl (C=O) groups excluding carboxylic acids is 3. The van der Waals surface area contributed by atoms with Crippen molar-refractivity contribution in [2.45, 2.75) is 75.8 Å². The normalized spacial score (nSPS) is 31.4.